The van der Waals surface area contributed by atoms with Crippen LogP contribution in [0.2, 0.25) is 5.02 Å². The number of rotatable bonds is 3. The molecular weight excluding hydrogens is 499 g/mol. The van der Waals surface area contributed by atoms with Crippen LogP contribution < -0.4 is 5.32 Å². The highest BCUT2D eigenvalue weighted by Crippen LogP contribution is 2.45. The van der Waals surface area contributed by atoms with E-state index in [0.29, 0.717) is 73.6 Å². The molecule has 1 spiro atoms. The molecule has 0 radical (unpaired) electrons. The molecule has 3 aromatic rings. The third kappa shape index (κ3) is 3.84. The Morgan fingerprint density at radius 2 is 1.78 bits per heavy atom. The number of fused-ring (bicyclic) bond motifs is 3. The molecule has 0 unspecified atom stereocenters. The first-order valence-corrected chi connectivity index (χ1v) is 12.8. The average molecular weight is 525 g/mol. The van der Waals surface area contributed by atoms with Crippen molar-refractivity contribution >= 4 is 40.2 Å². The van der Waals surface area contributed by atoms with Gasteiger partial charge in [0.05, 0.1) is 16.7 Å². The summed E-state index contributed by atoms with van der Waals surface area (Å²) < 4.78 is 21.2. The van der Waals surface area contributed by atoms with Crippen molar-refractivity contribution in [2.24, 2.45) is 0 Å². The molecule has 4 heterocycles. The van der Waals surface area contributed by atoms with Gasteiger partial charge in [-0.2, -0.15) is 0 Å². The topological polar surface area (TPSA) is 94.7 Å². The third-order valence-electron chi connectivity index (χ3n) is 7.77. The van der Waals surface area contributed by atoms with Crippen molar-refractivity contribution in [2.75, 3.05) is 46.3 Å². The van der Waals surface area contributed by atoms with Crippen LogP contribution in [-0.2, 0) is 10.3 Å². The van der Waals surface area contributed by atoms with E-state index in [1.54, 1.807) is 29.2 Å². The summed E-state index contributed by atoms with van der Waals surface area (Å²) in [7, 11) is 1.98. The van der Waals surface area contributed by atoms with Crippen LogP contribution in [0.1, 0.15) is 55.2 Å². The molecule has 37 heavy (non-hydrogen) atoms. The lowest BCUT2D eigenvalue weighted by atomic mass is 9.82. The lowest BCUT2D eigenvalue weighted by molar-refractivity contribution is -0.0242. The third-order valence-corrected chi connectivity index (χ3v) is 8.00. The number of esters is 1. The Bertz CT molecular complexity index is 1450. The van der Waals surface area contributed by atoms with Gasteiger partial charge in [-0.05, 0) is 38.3 Å². The number of hydrogen-bond acceptors (Lipinski definition) is 6. The number of H-pyrrole nitrogens is 1. The first-order chi connectivity index (χ1) is 17.8. The van der Waals surface area contributed by atoms with E-state index in [1.165, 1.54) is 6.07 Å². The number of likely N-dealkylation sites (N-methyl/N-ethyl adjacent to an activating group) is 1. The SMILES string of the molecule is CN1CCN(C(=O)c2[nH]c3cc(Cl)ccc3c2C(=O)c2c(F)ccc3c2C(=O)OC32CCNCC2)CC1. The molecule has 2 aromatic carbocycles. The summed E-state index contributed by atoms with van der Waals surface area (Å²) in [4.78, 5) is 47.8. The fraction of sp³-hybridized carbons (Fsp3) is 0.370. The van der Waals surface area contributed by atoms with Gasteiger partial charge in [0.15, 0.2) is 5.78 Å². The molecule has 0 saturated carbocycles. The summed E-state index contributed by atoms with van der Waals surface area (Å²) in [6, 6.07) is 7.63. The van der Waals surface area contributed by atoms with Crippen molar-refractivity contribution < 1.29 is 23.5 Å². The zero-order valence-corrected chi connectivity index (χ0v) is 21.1. The minimum absolute atomic E-state index is 0.0296. The van der Waals surface area contributed by atoms with E-state index in [1.807, 2.05) is 7.05 Å². The predicted octanol–water partition coefficient (Wildman–Crippen LogP) is 3.33. The smallest absolute Gasteiger partial charge is 0.340 e. The predicted molar refractivity (Wildman–Crippen MR) is 136 cm³/mol. The fourth-order valence-corrected chi connectivity index (χ4v) is 5.91. The second-order valence-corrected chi connectivity index (χ2v) is 10.4. The normalized spacial score (nSPS) is 19.3. The summed E-state index contributed by atoms with van der Waals surface area (Å²) in [5.74, 6) is -2.62. The van der Waals surface area contributed by atoms with Gasteiger partial charge >= 0.3 is 5.97 Å². The van der Waals surface area contributed by atoms with Crippen molar-refractivity contribution in [1.29, 1.82) is 0 Å². The minimum Gasteiger partial charge on any atom is -0.450 e. The van der Waals surface area contributed by atoms with Gasteiger partial charge in [-0.3, -0.25) is 9.59 Å². The Morgan fingerprint density at radius 1 is 1.05 bits per heavy atom. The Labute approximate surface area is 217 Å². The number of aromatic amines is 1. The summed E-state index contributed by atoms with van der Waals surface area (Å²) in [6.07, 6.45) is 1.06. The highest BCUT2D eigenvalue weighted by molar-refractivity contribution is 6.32. The second-order valence-electron chi connectivity index (χ2n) is 9.97. The molecule has 3 aliphatic rings. The van der Waals surface area contributed by atoms with Crippen LogP contribution in [-0.4, -0.2) is 78.8 Å². The summed E-state index contributed by atoms with van der Waals surface area (Å²) in [5, 5.41) is 4.10. The molecular formula is C27H26ClFN4O4. The van der Waals surface area contributed by atoms with Crippen LogP contribution in [0.3, 0.4) is 0 Å². The Hall–Kier alpha value is -3.27. The maximum atomic E-state index is 15.4. The van der Waals surface area contributed by atoms with Gasteiger partial charge < -0.3 is 24.8 Å². The number of piperidine rings is 1. The van der Waals surface area contributed by atoms with E-state index in [2.05, 4.69) is 15.2 Å². The van der Waals surface area contributed by atoms with E-state index in [4.69, 9.17) is 16.3 Å². The van der Waals surface area contributed by atoms with Gasteiger partial charge in [-0.1, -0.05) is 23.7 Å². The molecule has 192 valence electrons. The zero-order chi connectivity index (χ0) is 25.9. The number of carbonyl (C=O) groups excluding carboxylic acids is 3. The van der Waals surface area contributed by atoms with Crippen LogP contribution in [0.5, 0.6) is 0 Å². The number of carbonyl (C=O) groups is 3. The average Bonchev–Trinajstić information content (AvgIpc) is 3.39. The quantitative estimate of drug-likeness (QED) is 0.403. The minimum atomic E-state index is -0.882. The number of ether oxygens (including phenoxy) is 1. The van der Waals surface area contributed by atoms with Gasteiger partial charge in [0.1, 0.15) is 17.1 Å². The van der Waals surface area contributed by atoms with E-state index in [0.717, 1.165) is 0 Å². The standard InChI is InChI=1S/C27H26ClFN4O4/c1-32-10-12-33(13-11-32)25(35)23-20(16-3-2-15(28)14-19(16)31-23)24(34)22-18(29)5-4-17-21(22)26(36)37-27(17)6-8-30-9-7-27/h2-5,14,30-31H,6-13H2,1H3. The molecule has 10 heteroatoms. The zero-order valence-electron chi connectivity index (χ0n) is 20.3. The Morgan fingerprint density at radius 3 is 2.51 bits per heavy atom. The highest BCUT2D eigenvalue weighted by Gasteiger charge is 2.49. The van der Waals surface area contributed by atoms with Crippen LogP contribution in [0.15, 0.2) is 30.3 Å². The second kappa shape index (κ2) is 8.93. The maximum absolute atomic E-state index is 15.4. The van der Waals surface area contributed by atoms with Crippen LogP contribution in [0.4, 0.5) is 4.39 Å². The van der Waals surface area contributed by atoms with Crippen molar-refractivity contribution in [3.05, 3.63) is 69.1 Å². The van der Waals surface area contributed by atoms with Gasteiger partial charge in [0.2, 0.25) is 0 Å². The van der Waals surface area contributed by atoms with Gasteiger partial charge in [0, 0.05) is 60.5 Å². The molecule has 1 aromatic heterocycles. The molecule has 1 amide bonds. The first-order valence-electron chi connectivity index (χ1n) is 12.4. The molecule has 8 nitrogen and oxygen atoms in total. The number of ketones is 1. The molecule has 2 fully saturated rings. The van der Waals surface area contributed by atoms with Crippen molar-refractivity contribution in [3.63, 3.8) is 0 Å². The van der Waals surface area contributed by atoms with Crippen LogP contribution in [0, 0.1) is 5.82 Å². The van der Waals surface area contributed by atoms with Gasteiger partial charge in [-0.15, -0.1) is 0 Å². The van der Waals surface area contributed by atoms with Crippen LogP contribution in [0.25, 0.3) is 10.9 Å². The summed E-state index contributed by atoms with van der Waals surface area (Å²) >= 11 is 6.19. The molecule has 0 aliphatic carbocycles. The number of halogens is 2. The van der Waals surface area contributed by atoms with Crippen molar-refractivity contribution in [2.45, 2.75) is 18.4 Å². The van der Waals surface area contributed by atoms with E-state index >= 15 is 4.39 Å². The molecule has 2 N–H and O–H groups in total. The maximum Gasteiger partial charge on any atom is 0.340 e. The highest BCUT2D eigenvalue weighted by atomic mass is 35.5. The number of piperazine rings is 1. The van der Waals surface area contributed by atoms with E-state index in [9.17, 15) is 14.4 Å². The number of aromatic nitrogens is 1. The number of nitrogens with zero attached hydrogens (tertiary/aromatic N) is 2. The summed E-state index contributed by atoms with van der Waals surface area (Å²) in [5.41, 5.74) is -0.188. The number of nitrogens with one attached hydrogen (secondary N) is 2. The molecule has 0 atom stereocenters. The van der Waals surface area contributed by atoms with E-state index in [-0.39, 0.29) is 28.3 Å². The molecule has 3 aliphatic heterocycles. The van der Waals surface area contributed by atoms with Crippen LogP contribution >= 0.6 is 11.6 Å². The molecule has 6 rings (SSSR count). The number of hydrogen-bond donors (Lipinski definition) is 2. The Balaban J connectivity index is 1.51. The Kier molecular flexibility index (Phi) is 5.82. The molecule has 0 bridgehead atoms. The largest absolute Gasteiger partial charge is 0.450 e. The van der Waals surface area contributed by atoms with Crippen molar-refractivity contribution in [1.82, 2.24) is 20.1 Å². The monoisotopic (exact) mass is 524 g/mol. The van der Waals surface area contributed by atoms with Crippen molar-refractivity contribution in [3.8, 4) is 0 Å². The fourth-order valence-electron chi connectivity index (χ4n) is 5.74. The first kappa shape index (κ1) is 24.1. The van der Waals surface area contributed by atoms with Gasteiger partial charge in [-0.25, -0.2) is 9.18 Å². The number of amides is 1. The van der Waals surface area contributed by atoms with E-state index < -0.39 is 23.2 Å². The molecule has 2 saturated heterocycles. The lowest BCUT2D eigenvalue weighted by Gasteiger charge is -2.33. The number of benzene rings is 2. The van der Waals surface area contributed by atoms with Gasteiger partial charge in [0.25, 0.3) is 5.91 Å². The lowest BCUT2D eigenvalue weighted by Crippen LogP contribution is -2.47. The summed E-state index contributed by atoms with van der Waals surface area (Å²) in [6.45, 7) is 3.67.